The molecule has 0 unspecified atom stereocenters. The van der Waals surface area contributed by atoms with E-state index in [1.54, 1.807) is 25.1 Å². The van der Waals surface area contributed by atoms with Crippen LogP contribution in [0.15, 0.2) is 23.1 Å². The molecule has 1 saturated carbocycles. The lowest BCUT2D eigenvalue weighted by molar-refractivity contribution is 0.551. The van der Waals surface area contributed by atoms with Gasteiger partial charge in [-0.25, -0.2) is 13.1 Å². The van der Waals surface area contributed by atoms with Crippen LogP contribution in [-0.4, -0.2) is 14.5 Å². The molecule has 0 aromatic heterocycles. The number of hydrogen-bond donors (Lipinski definition) is 2. The molecule has 0 amide bonds. The Bertz CT molecular complexity index is 505. The van der Waals surface area contributed by atoms with Crippen molar-refractivity contribution in [1.29, 1.82) is 0 Å². The van der Waals surface area contributed by atoms with Crippen LogP contribution in [-0.2, 0) is 10.0 Å². The molecule has 0 heterocycles. The minimum absolute atomic E-state index is 0.0944. The average molecular weight is 254 g/mol. The van der Waals surface area contributed by atoms with Crippen LogP contribution in [0.25, 0.3) is 0 Å². The second-order valence-corrected chi connectivity index (χ2v) is 6.31. The SMILES string of the molecule is Cc1cc(N)ccc1S(=O)(=O)NC1CCCC1. The predicted molar refractivity (Wildman–Crippen MR) is 68.2 cm³/mol. The summed E-state index contributed by atoms with van der Waals surface area (Å²) < 4.78 is 27.1. The van der Waals surface area contributed by atoms with Crippen LogP contribution < -0.4 is 10.5 Å². The van der Waals surface area contributed by atoms with E-state index in [1.807, 2.05) is 0 Å². The van der Waals surface area contributed by atoms with E-state index in [1.165, 1.54) is 0 Å². The van der Waals surface area contributed by atoms with Crippen molar-refractivity contribution >= 4 is 15.7 Å². The Morgan fingerprint density at radius 1 is 1.29 bits per heavy atom. The molecule has 1 aliphatic carbocycles. The number of nitrogens with one attached hydrogen (secondary N) is 1. The van der Waals surface area contributed by atoms with Gasteiger partial charge >= 0.3 is 0 Å². The number of sulfonamides is 1. The van der Waals surface area contributed by atoms with E-state index in [0.29, 0.717) is 16.1 Å². The molecule has 4 nitrogen and oxygen atoms in total. The van der Waals surface area contributed by atoms with Crippen LogP contribution in [0.1, 0.15) is 31.2 Å². The lowest BCUT2D eigenvalue weighted by Crippen LogP contribution is -2.33. The monoisotopic (exact) mass is 254 g/mol. The van der Waals surface area contributed by atoms with E-state index in [2.05, 4.69) is 4.72 Å². The molecule has 94 valence electrons. The molecule has 17 heavy (non-hydrogen) atoms. The number of aryl methyl sites for hydroxylation is 1. The second-order valence-electron chi connectivity index (χ2n) is 4.63. The normalized spacial score (nSPS) is 17.5. The van der Waals surface area contributed by atoms with E-state index in [-0.39, 0.29) is 6.04 Å². The molecule has 1 aromatic carbocycles. The minimum Gasteiger partial charge on any atom is -0.399 e. The summed E-state index contributed by atoms with van der Waals surface area (Å²) in [5.41, 5.74) is 6.89. The minimum atomic E-state index is -3.40. The molecular formula is C12H18N2O2S. The molecule has 3 N–H and O–H groups in total. The van der Waals surface area contributed by atoms with Gasteiger partial charge in [0.1, 0.15) is 0 Å². The first-order valence-electron chi connectivity index (χ1n) is 5.87. The predicted octanol–water partition coefficient (Wildman–Crippen LogP) is 1.80. The Hall–Kier alpha value is -1.07. The molecule has 0 atom stereocenters. The van der Waals surface area contributed by atoms with Crippen molar-refractivity contribution in [2.75, 3.05) is 5.73 Å². The van der Waals surface area contributed by atoms with Crippen LogP contribution in [0.4, 0.5) is 5.69 Å². The molecule has 0 radical (unpaired) electrons. The molecular weight excluding hydrogens is 236 g/mol. The summed E-state index contributed by atoms with van der Waals surface area (Å²) in [5, 5.41) is 0. The van der Waals surface area contributed by atoms with Crippen LogP contribution in [0, 0.1) is 6.92 Å². The second kappa shape index (κ2) is 4.66. The fraction of sp³-hybridized carbons (Fsp3) is 0.500. The van der Waals surface area contributed by atoms with E-state index in [0.717, 1.165) is 25.7 Å². The Kier molecular flexibility index (Phi) is 3.40. The molecule has 0 spiro atoms. The van der Waals surface area contributed by atoms with Gasteiger partial charge < -0.3 is 5.73 Å². The van der Waals surface area contributed by atoms with E-state index >= 15 is 0 Å². The summed E-state index contributed by atoms with van der Waals surface area (Å²) >= 11 is 0. The molecule has 1 aromatic rings. The first-order chi connectivity index (χ1) is 7.99. The van der Waals surface area contributed by atoms with Crippen molar-refractivity contribution in [3.05, 3.63) is 23.8 Å². The summed E-state index contributed by atoms with van der Waals surface area (Å²) in [6.45, 7) is 1.76. The van der Waals surface area contributed by atoms with Crippen molar-refractivity contribution < 1.29 is 8.42 Å². The number of hydrogen-bond acceptors (Lipinski definition) is 3. The van der Waals surface area contributed by atoms with Gasteiger partial charge in [0.2, 0.25) is 10.0 Å². The highest BCUT2D eigenvalue weighted by atomic mass is 32.2. The van der Waals surface area contributed by atoms with Gasteiger partial charge in [0.15, 0.2) is 0 Å². The molecule has 0 bridgehead atoms. The number of anilines is 1. The smallest absolute Gasteiger partial charge is 0.241 e. The first-order valence-corrected chi connectivity index (χ1v) is 7.36. The molecule has 0 saturated heterocycles. The number of benzene rings is 1. The summed E-state index contributed by atoms with van der Waals surface area (Å²) in [7, 11) is -3.40. The van der Waals surface area contributed by atoms with Crippen molar-refractivity contribution in [3.8, 4) is 0 Å². The summed E-state index contributed by atoms with van der Waals surface area (Å²) in [4.78, 5) is 0.332. The van der Waals surface area contributed by atoms with E-state index in [9.17, 15) is 8.42 Å². The third-order valence-electron chi connectivity index (χ3n) is 3.17. The van der Waals surface area contributed by atoms with Crippen molar-refractivity contribution in [3.63, 3.8) is 0 Å². The van der Waals surface area contributed by atoms with Gasteiger partial charge in [0.25, 0.3) is 0 Å². The summed E-state index contributed by atoms with van der Waals surface area (Å²) in [5.74, 6) is 0. The van der Waals surface area contributed by atoms with E-state index in [4.69, 9.17) is 5.73 Å². The average Bonchev–Trinajstić information content (AvgIpc) is 2.68. The highest BCUT2D eigenvalue weighted by Crippen LogP contribution is 2.22. The van der Waals surface area contributed by atoms with Crippen LogP contribution in [0.5, 0.6) is 0 Å². The topological polar surface area (TPSA) is 72.2 Å². The summed E-state index contributed by atoms with van der Waals surface area (Å²) in [6, 6.07) is 4.97. The quantitative estimate of drug-likeness (QED) is 0.808. The zero-order valence-corrected chi connectivity index (χ0v) is 10.8. The van der Waals surface area contributed by atoms with E-state index < -0.39 is 10.0 Å². The third kappa shape index (κ3) is 2.79. The molecule has 1 aliphatic rings. The zero-order valence-electron chi connectivity index (χ0n) is 9.94. The van der Waals surface area contributed by atoms with Crippen LogP contribution in [0.2, 0.25) is 0 Å². The maximum absolute atomic E-state index is 12.2. The summed E-state index contributed by atoms with van der Waals surface area (Å²) in [6.07, 6.45) is 4.09. The third-order valence-corrected chi connectivity index (χ3v) is 4.85. The Morgan fingerprint density at radius 3 is 2.53 bits per heavy atom. The standard InChI is InChI=1S/C12H18N2O2S/c1-9-8-10(13)6-7-12(9)17(15,16)14-11-4-2-3-5-11/h6-8,11,14H,2-5,13H2,1H3. The highest BCUT2D eigenvalue weighted by molar-refractivity contribution is 7.89. The fourth-order valence-electron chi connectivity index (χ4n) is 2.30. The van der Waals surface area contributed by atoms with Gasteiger partial charge in [0, 0.05) is 11.7 Å². The Morgan fingerprint density at radius 2 is 1.94 bits per heavy atom. The van der Waals surface area contributed by atoms with Crippen LogP contribution in [0.3, 0.4) is 0 Å². The van der Waals surface area contributed by atoms with Gasteiger partial charge in [0.05, 0.1) is 4.90 Å². The highest BCUT2D eigenvalue weighted by Gasteiger charge is 2.23. The van der Waals surface area contributed by atoms with Gasteiger partial charge in [-0.3, -0.25) is 0 Å². The Labute approximate surface area is 102 Å². The number of nitrogens with two attached hydrogens (primary N) is 1. The lowest BCUT2D eigenvalue weighted by atomic mass is 10.2. The zero-order chi connectivity index (χ0) is 12.5. The molecule has 2 rings (SSSR count). The number of rotatable bonds is 3. The van der Waals surface area contributed by atoms with Gasteiger partial charge in [-0.2, -0.15) is 0 Å². The number of nitrogen functional groups attached to an aromatic ring is 1. The Balaban J connectivity index is 2.24. The van der Waals surface area contributed by atoms with Crippen molar-refractivity contribution in [1.82, 2.24) is 4.72 Å². The van der Waals surface area contributed by atoms with Crippen molar-refractivity contribution in [2.45, 2.75) is 43.5 Å². The van der Waals surface area contributed by atoms with Crippen molar-refractivity contribution in [2.24, 2.45) is 0 Å². The maximum atomic E-state index is 12.2. The maximum Gasteiger partial charge on any atom is 0.241 e. The largest absolute Gasteiger partial charge is 0.399 e. The molecule has 5 heteroatoms. The van der Waals surface area contributed by atoms with Crippen LogP contribution >= 0.6 is 0 Å². The van der Waals surface area contributed by atoms with Gasteiger partial charge in [-0.05, 0) is 43.5 Å². The molecule has 1 fully saturated rings. The van der Waals surface area contributed by atoms with Gasteiger partial charge in [-0.15, -0.1) is 0 Å². The molecule has 0 aliphatic heterocycles. The fourth-order valence-corrected chi connectivity index (χ4v) is 3.83. The van der Waals surface area contributed by atoms with Gasteiger partial charge in [-0.1, -0.05) is 12.8 Å². The lowest BCUT2D eigenvalue weighted by Gasteiger charge is -2.14. The first kappa shape index (κ1) is 12.4.